The third-order valence-corrected chi connectivity index (χ3v) is 12.9. The molecule has 2 aliphatic heterocycles. The maximum atomic E-state index is 14.2. The van der Waals surface area contributed by atoms with E-state index in [-0.39, 0.29) is 35.7 Å². The zero-order chi connectivity index (χ0) is 37.8. The Morgan fingerprint density at radius 3 is 1.89 bits per heavy atom. The van der Waals surface area contributed by atoms with Crippen molar-refractivity contribution >= 4 is 27.7 Å². The van der Waals surface area contributed by atoms with Gasteiger partial charge in [-0.2, -0.15) is 4.31 Å². The second kappa shape index (κ2) is 15.7. The number of sulfonamides is 1. The molecule has 53 heavy (non-hydrogen) atoms. The van der Waals surface area contributed by atoms with E-state index in [2.05, 4.69) is 4.90 Å². The van der Waals surface area contributed by atoms with E-state index in [0.717, 1.165) is 23.1 Å². The Balaban J connectivity index is 1.15. The first-order valence-corrected chi connectivity index (χ1v) is 19.8. The molecule has 2 N–H and O–H groups in total. The van der Waals surface area contributed by atoms with Crippen molar-refractivity contribution in [2.24, 2.45) is 11.7 Å². The topological polar surface area (TPSA) is 121 Å². The Morgan fingerprint density at radius 2 is 1.34 bits per heavy atom. The molecule has 1 fully saturated rings. The molecule has 1 atom stereocenters. The highest BCUT2D eigenvalue weighted by Gasteiger charge is 2.49. The van der Waals surface area contributed by atoms with Crippen LogP contribution in [0.4, 0.5) is 0 Å². The van der Waals surface area contributed by atoms with Gasteiger partial charge in [-0.25, -0.2) is 8.42 Å². The van der Waals surface area contributed by atoms with E-state index in [1.54, 1.807) is 40.7 Å². The number of fused-ring (bicyclic) bond motifs is 1. The molecule has 278 valence electrons. The summed E-state index contributed by atoms with van der Waals surface area (Å²) in [5.74, 6) is -1.04. The summed E-state index contributed by atoms with van der Waals surface area (Å²) in [6.45, 7) is 5.75. The van der Waals surface area contributed by atoms with Crippen molar-refractivity contribution < 1.29 is 27.3 Å². The van der Waals surface area contributed by atoms with Crippen molar-refractivity contribution in [3.63, 3.8) is 0 Å². The maximum absolute atomic E-state index is 14.2. The second-order valence-corrected chi connectivity index (χ2v) is 16.9. The van der Waals surface area contributed by atoms with Gasteiger partial charge in [-0.05, 0) is 61.2 Å². The molecule has 0 bridgehead atoms. The van der Waals surface area contributed by atoms with Crippen molar-refractivity contribution in [2.75, 3.05) is 66.5 Å². The van der Waals surface area contributed by atoms with Crippen LogP contribution in [0.5, 0.6) is 0 Å². The standard InChI is InChI=1S/C42H49N5O5S/c1-32-19-21-36(22-20-32)53(51,52)45(28-30-47(2,3)29-12-24-46-39(48)37-17-10-11-18-38(37)40(46)49)27-26-44-25-23-35(31-44)42(41(43)50,33-13-6-4-7-14-33)34-15-8-5-9-16-34/h4-11,13-22,35H,12,23-31H2,1-3H3,(H-,43,50)/p+1. The molecule has 3 amide bonds. The summed E-state index contributed by atoms with van der Waals surface area (Å²) in [5, 5.41) is 0. The minimum absolute atomic E-state index is 0.107. The lowest BCUT2D eigenvalue weighted by molar-refractivity contribution is -0.889. The molecule has 0 radical (unpaired) electrons. The van der Waals surface area contributed by atoms with Crippen LogP contribution in [-0.2, 0) is 20.2 Å². The number of likely N-dealkylation sites (N-methyl/N-ethyl adjacent to an activating group) is 1. The van der Waals surface area contributed by atoms with Crippen molar-refractivity contribution in [2.45, 2.75) is 30.1 Å². The first-order chi connectivity index (χ1) is 25.3. The number of carbonyl (C=O) groups is 3. The van der Waals surface area contributed by atoms with Crippen LogP contribution in [-0.4, -0.2) is 111 Å². The van der Waals surface area contributed by atoms with Crippen molar-refractivity contribution in [3.8, 4) is 0 Å². The predicted molar refractivity (Wildman–Crippen MR) is 206 cm³/mol. The van der Waals surface area contributed by atoms with Crippen LogP contribution in [0.3, 0.4) is 0 Å². The first kappa shape index (κ1) is 38.1. The highest BCUT2D eigenvalue weighted by Crippen LogP contribution is 2.43. The second-order valence-electron chi connectivity index (χ2n) is 15.0. The van der Waals surface area contributed by atoms with Crippen LogP contribution in [0, 0.1) is 12.8 Å². The number of hydrogen-bond donors (Lipinski definition) is 1. The van der Waals surface area contributed by atoms with Gasteiger partial charge in [-0.1, -0.05) is 90.5 Å². The average molecular weight is 737 g/mol. The number of amides is 3. The van der Waals surface area contributed by atoms with Gasteiger partial charge in [0.2, 0.25) is 15.9 Å². The number of quaternary nitrogens is 1. The number of nitrogens with two attached hydrogens (primary N) is 1. The molecule has 1 unspecified atom stereocenters. The summed E-state index contributed by atoms with van der Waals surface area (Å²) in [6.07, 6.45) is 1.32. The summed E-state index contributed by atoms with van der Waals surface area (Å²) < 4.78 is 30.4. The summed E-state index contributed by atoms with van der Waals surface area (Å²) in [6, 6.07) is 33.3. The van der Waals surface area contributed by atoms with Crippen molar-refractivity contribution in [1.82, 2.24) is 14.1 Å². The van der Waals surface area contributed by atoms with E-state index < -0.39 is 21.3 Å². The smallest absolute Gasteiger partial charge is 0.261 e. The zero-order valence-electron chi connectivity index (χ0n) is 30.9. The highest BCUT2D eigenvalue weighted by molar-refractivity contribution is 7.89. The molecule has 4 aromatic rings. The highest BCUT2D eigenvalue weighted by atomic mass is 32.2. The SMILES string of the molecule is Cc1ccc(S(=O)(=O)N(CCN2CCC(C(C(N)=O)(c3ccccc3)c3ccccc3)C2)CC[N+](C)(C)CCCN2C(=O)c3ccccc3C2=O)cc1. The molecule has 2 aliphatic rings. The molecule has 2 heterocycles. The van der Waals surface area contributed by atoms with Gasteiger partial charge < -0.3 is 15.1 Å². The molecule has 0 saturated carbocycles. The number of imide groups is 1. The molecular weight excluding hydrogens is 687 g/mol. The van der Waals surface area contributed by atoms with Gasteiger partial charge in [0.25, 0.3) is 11.8 Å². The molecule has 4 aromatic carbocycles. The molecule has 0 aliphatic carbocycles. The lowest BCUT2D eigenvalue weighted by Gasteiger charge is -2.37. The lowest BCUT2D eigenvalue weighted by Crippen LogP contribution is -2.50. The Kier molecular flexibility index (Phi) is 11.3. The van der Waals surface area contributed by atoms with E-state index >= 15 is 0 Å². The molecule has 0 spiro atoms. The van der Waals surface area contributed by atoms with Gasteiger partial charge in [0.05, 0.1) is 49.8 Å². The maximum Gasteiger partial charge on any atom is 0.261 e. The van der Waals surface area contributed by atoms with Gasteiger partial charge in [0.15, 0.2) is 0 Å². The Hall–Kier alpha value is -4.68. The molecule has 1 saturated heterocycles. The molecule has 6 rings (SSSR count). The minimum atomic E-state index is -3.83. The van der Waals surface area contributed by atoms with Gasteiger partial charge in [-0.3, -0.25) is 19.3 Å². The van der Waals surface area contributed by atoms with E-state index in [1.165, 1.54) is 4.90 Å². The third kappa shape index (κ3) is 7.84. The Labute approximate surface area is 313 Å². The molecule has 0 aromatic heterocycles. The van der Waals surface area contributed by atoms with E-state index in [1.807, 2.05) is 93.8 Å². The summed E-state index contributed by atoms with van der Waals surface area (Å²) in [4.78, 5) is 43.1. The van der Waals surface area contributed by atoms with Crippen LogP contribution < -0.4 is 5.73 Å². The average Bonchev–Trinajstić information content (AvgIpc) is 3.71. The summed E-state index contributed by atoms with van der Waals surface area (Å²) in [5.41, 5.74) is 8.86. The quantitative estimate of drug-likeness (QED) is 0.133. The predicted octanol–water partition coefficient (Wildman–Crippen LogP) is 4.54. The number of hydrogen-bond acceptors (Lipinski definition) is 6. The van der Waals surface area contributed by atoms with E-state index in [9.17, 15) is 22.8 Å². The summed E-state index contributed by atoms with van der Waals surface area (Å²) in [7, 11) is 0.258. The Morgan fingerprint density at radius 1 is 0.792 bits per heavy atom. The van der Waals surface area contributed by atoms with Gasteiger partial charge >= 0.3 is 0 Å². The largest absolute Gasteiger partial charge is 0.369 e. The number of nitrogens with zero attached hydrogens (tertiary/aromatic N) is 4. The van der Waals surface area contributed by atoms with Crippen LogP contribution in [0.2, 0.25) is 0 Å². The van der Waals surface area contributed by atoms with Crippen LogP contribution in [0.15, 0.2) is 114 Å². The van der Waals surface area contributed by atoms with Gasteiger partial charge in [0, 0.05) is 32.6 Å². The fraction of sp³-hybridized carbons (Fsp3) is 0.357. The molecule has 10 nitrogen and oxygen atoms in total. The lowest BCUT2D eigenvalue weighted by atomic mass is 9.64. The van der Waals surface area contributed by atoms with Gasteiger partial charge in [0.1, 0.15) is 5.41 Å². The van der Waals surface area contributed by atoms with Crippen LogP contribution in [0.25, 0.3) is 0 Å². The minimum Gasteiger partial charge on any atom is -0.369 e. The monoisotopic (exact) mass is 736 g/mol. The van der Waals surface area contributed by atoms with Gasteiger partial charge in [-0.15, -0.1) is 0 Å². The number of benzene rings is 4. The fourth-order valence-electron chi connectivity index (χ4n) is 7.97. The summed E-state index contributed by atoms with van der Waals surface area (Å²) >= 11 is 0. The van der Waals surface area contributed by atoms with Crippen molar-refractivity contribution in [1.29, 1.82) is 0 Å². The van der Waals surface area contributed by atoms with E-state index in [4.69, 9.17) is 5.73 Å². The molecular formula is C42H50N5O5S+. The third-order valence-electron chi connectivity index (χ3n) is 11.0. The zero-order valence-corrected chi connectivity index (χ0v) is 31.7. The first-order valence-electron chi connectivity index (χ1n) is 18.3. The van der Waals surface area contributed by atoms with Crippen molar-refractivity contribution in [3.05, 3.63) is 137 Å². The number of primary amides is 1. The van der Waals surface area contributed by atoms with E-state index in [0.29, 0.717) is 61.3 Å². The number of aryl methyl sites for hydroxylation is 1. The molecule has 11 heteroatoms. The normalized spacial score (nSPS) is 16.8. The fourth-order valence-corrected chi connectivity index (χ4v) is 9.39. The van der Waals surface area contributed by atoms with Crippen LogP contribution in [0.1, 0.15) is 50.2 Å². The van der Waals surface area contributed by atoms with Crippen LogP contribution >= 0.6 is 0 Å². The number of rotatable bonds is 16. The number of likely N-dealkylation sites (tertiary alicyclic amines) is 1. The number of carbonyl (C=O) groups excluding carboxylic acids is 3. The Bertz CT molecular complexity index is 1960.